The first-order chi connectivity index (χ1) is 15.8. The molecule has 0 amide bonds. The summed E-state index contributed by atoms with van der Waals surface area (Å²) in [5.74, 6) is 0. The molecule has 1 N–H and O–H groups in total. The molecule has 2 unspecified atom stereocenters. The number of aliphatic hydroxyl groups is 1. The molecule has 0 radical (unpaired) electrons. The minimum absolute atomic E-state index is 0.0398. The monoisotopic (exact) mass is 431 g/mol. The van der Waals surface area contributed by atoms with Crippen molar-refractivity contribution >= 4 is 0 Å². The van der Waals surface area contributed by atoms with Gasteiger partial charge in [0.1, 0.15) is 5.72 Å². The van der Waals surface area contributed by atoms with Gasteiger partial charge in [-0.25, -0.2) is 0 Å². The second kappa shape index (κ2) is 11.4. The van der Waals surface area contributed by atoms with Crippen LogP contribution in [0.1, 0.15) is 36.0 Å². The van der Waals surface area contributed by atoms with Gasteiger partial charge in [-0.15, -0.1) is 0 Å². The van der Waals surface area contributed by atoms with Crippen molar-refractivity contribution in [2.45, 2.75) is 50.8 Å². The van der Waals surface area contributed by atoms with E-state index in [4.69, 9.17) is 9.47 Å². The molecule has 1 aliphatic heterocycles. The molecule has 3 aromatic carbocycles. The first-order valence-electron chi connectivity index (χ1n) is 11.5. The van der Waals surface area contributed by atoms with Crippen molar-refractivity contribution in [2.24, 2.45) is 0 Å². The Kier molecular flexibility index (Phi) is 8.07. The Labute approximate surface area is 191 Å². The lowest BCUT2D eigenvalue weighted by atomic mass is 9.92. The molecule has 4 heteroatoms. The first kappa shape index (κ1) is 22.7. The standard InChI is InChI=1S/C28H33NO3/c30-23-28(32-21-26-15-8-3-9-16-26)18-10-17-27(22-31-20-25-13-6-2-7-14-25)29(28)19-24-11-4-1-5-12-24/h1-9,11-16,27,30H,10,17-23H2. The van der Waals surface area contributed by atoms with E-state index in [0.717, 1.165) is 31.4 Å². The van der Waals surface area contributed by atoms with Crippen molar-refractivity contribution in [3.8, 4) is 0 Å². The third-order valence-electron chi connectivity index (χ3n) is 6.28. The molecule has 3 aromatic rings. The molecule has 1 aliphatic rings. The summed E-state index contributed by atoms with van der Waals surface area (Å²) in [6, 6.07) is 31.0. The van der Waals surface area contributed by atoms with Crippen LogP contribution in [0.3, 0.4) is 0 Å². The lowest BCUT2D eigenvalue weighted by Gasteiger charge is -2.50. The molecule has 2 atom stereocenters. The van der Waals surface area contributed by atoms with Crippen LogP contribution in [0.5, 0.6) is 0 Å². The van der Waals surface area contributed by atoms with Crippen LogP contribution in [0.2, 0.25) is 0 Å². The lowest BCUT2D eigenvalue weighted by Crippen LogP contribution is -2.60. The molecule has 0 aliphatic carbocycles. The van der Waals surface area contributed by atoms with E-state index in [1.54, 1.807) is 0 Å². The van der Waals surface area contributed by atoms with Gasteiger partial charge in [0.25, 0.3) is 0 Å². The molecular formula is C28H33NO3. The predicted octanol–water partition coefficient (Wildman–Crippen LogP) is 5.16. The second-order valence-corrected chi connectivity index (χ2v) is 8.54. The number of rotatable bonds is 10. The zero-order chi connectivity index (χ0) is 22.1. The molecular weight excluding hydrogens is 398 g/mol. The van der Waals surface area contributed by atoms with Crippen molar-refractivity contribution in [2.75, 3.05) is 13.2 Å². The fraction of sp³-hybridized carbons (Fsp3) is 0.357. The predicted molar refractivity (Wildman–Crippen MR) is 127 cm³/mol. The zero-order valence-corrected chi connectivity index (χ0v) is 18.6. The van der Waals surface area contributed by atoms with Gasteiger partial charge in [-0.05, 0) is 36.0 Å². The minimum Gasteiger partial charge on any atom is -0.392 e. The van der Waals surface area contributed by atoms with Gasteiger partial charge in [-0.2, -0.15) is 0 Å². The van der Waals surface area contributed by atoms with Gasteiger partial charge in [-0.1, -0.05) is 91.0 Å². The van der Waals surface area contributed by atoms with Crippen molar-refractivity contribution in [1.82, 2.24) is 4.90 Å². The smallest absolute Gasteiger partial charge is 0.145 e. The van der Waals surface area contributed by atoms with E-state index in [9.17, 15) is 5.11 Å². The van der Waals surface area contributed by atoms with Crippen LogP contribution in [-0.4, -0.2) is 35.0 Å². The van der Waals surface area contributed by atoms with Gasteiger partial charge >= 0.3 is 0 Å². The molecule has 168 valence electrons. The summed E-state index contributed by atoms with van der Waals surface area (Å²) in [7, 11) is 0. The van der Waals surface area contributed by atoms with Gasteiger partial charge in [0.15, 0.2) is 0 Å². The fourth-order valence-electron chi connectivity index (χ4n) is 4.52. The number of likely N-dealkylation sites (tertiary alicyclic amines) is 1. The number of aliphatic hydroxyl groups excluding tert-OH is 1. The van der Waals surface area contributed by atoms with Crippen molar-refractivity contribution in [1.29, 1.82) is 0 Å². The van der Waals surface area contributed by atoms with E-state index < -0.39 is 5.72 Å². The summed E-state index contributed by atoms with van der Waals surface area (Å²) in [5, 5.41) is 10.6. The number of benzene rings is 3. The molecule has 1 heterocycles. The number of nitrogens with zero attached hydrogens (tertiary/aromatic N) is 1. The van der Waals surface area contributed by atoms with Gasteiger partial charge in [0, 0.05) is 12.6 Å². The highest BCUT2D eigenvalue weighted by atomic mass is 16.5. The van der Waals surface area contributed by atoms with Crippen LogP contribution in [0.15, 0.2) is 91.0 Å². The molecule has 0 bridgehead atoms. The lowest BCUT2D eigenvalue weighted by molar-refractivity contribution is -0.229. The summed E-state index contributed by atoms with van der Waals surface area (Å²) in [6.45, 7) is 2.35. The quantitative estimate of drug-likeness (QED) is 0.481. The number of ether oxygens (including phenoxy) is 2. The highest BCUT2D eigenvalue weighted by Gasteiger charge is 2.44. The maximum absolute atomic E-state index is 10.6. The number of hydrogen-bond acceptors (Lipinski definition) is 4. The van der Waals surface area contributed by atoms with Crippen molar-refractivity contribution in [3.63, 3.8) is 0 Å². The summed E-state index contributed by atoms with van der Waals surface area (Å²) in [6.07, 6.45) is 2.83. The third kappa shape index (κ3) is 5.84. The Bertz CT molecular complexity index is 919. The van der Waals surface area contributed by atoms with E-state index in [0.29, 0.717) is 19.8 Å². The Morgan fingerprint density at radius 2 is 1.34 bits per heavy atom. The number of hydrogen-bond donors (Lipinski definition) is 1. The Morgan fingerprint density at radius 3 is 1.94 bits per heavy atom. The largest absolute Gasteiger partial charge is 0.392 e. The maximum atomic E-state index is 10.6. The van der Waals surface area contributed by atoms with Gasteiger partial charge in [-0.3, -0.25) is 4.90 Å². The molecule has 32 heavy (non-hydrogen) atoms. The van der Waals surface area contributed by atoms with E-state index in [1.807, 2.05) is 42.5 Å². The summed E-state index contributed by atoms with van der Waals surface area (Å²) in [4.78, 5) is 2.33. The van der Waals surface area contributed by atoms with E-state index >= 15 is 0 Å². The van der Waals surface area contributed by atoms with Crippen LogP contribution < -0.4 is 0 Å². The molecule has 0 aromatic heterocycles. The van der Waals surface area contributed by atoms with E-state index in [1.165, 1.54) is 11.1 Å². The molecule has 4 nitrogen and oxygen atoms in total. The average molecular weight is 432 g/mol. The van der Waals surface area contributed by atoms with Crippen LogP contribution in [0.25, 0.3) is 0 Å². The Morgan fingerprint density at radius 1 is 0.781 bits per heavy atom. The molecule has 1 saturated heterocycles. The first-order valence-corrected chi connectivity index (χ1v) is 11.5. The average Bonchev–Trinajstić information content (AvgIpc) is 2.86. The Balaban J connectivity index is 1.50. The Hall–Kier alpha value is -2.50. The topological polar surface area (TPSA) is 41.9 Å². The van der Waals surface area contributed by atoms with Crippen LogP contribution >= 0.6 is 0 Å². The molecule has 1 fully saturated rings. The summed E-state index contributed by atoms with van der Waals surface area (Å²) < 4.78 is 12.7. The van der Waals surface area contributed by atoms with Gasteiger partial charge in [0.2, 0.25) is 0 Å². The van der Waals surface area contributed by atoms with Crippen LogP contribution in [0.4, 0.5) is 0 Å². The van der Waals surface area contributed by atoms with Crippen LogP contribution in [-0.2, 0) is 29.2 Å². The summed E-state index contributed by atoms with van der Waals surface area (Å²) >= 11 is 0. The van der Waals surface area contributed by atoms with Crippen molar-refractivity contribution in [3.05, 3.63) is 108 Å². The summed E-state index contributed by atoms with van der Waals surface area (Å²) in [5.41, 5.74) is 2.78. The third-order valence-corrected chi connectivity index (χ3v) is 6.28. The van der Waals surface area contributed by atoms with E-state index in [2.05, 4.69) is 53.4 Å². The second-order valence-electron chi connectivity index (χ2n) is 8.54. The minimum atomic E-state index is -0.718. The fourth-order valence-corrected chi connectivity index (χ4v) is 4.52. The highest BCUT2D eigenvalue weighted by Crippen LogP contribution is 2.35. The number of piperidine rings is 1. The highest BCUT2D eigenvalue weighted by molar-refractivity contribution is 5.17. The van der Waals surface area contributed by atoms with Gasteiger partial charge < -0.3 is 14.6 Å². The molecule has 0 saturated carbocycles. The van der Waals surface area contributed by atoms with E-state index in [-0.39, 0.29) is 12.6 Å². The van der Waals surface area contributed by atoms with Gasteiger partial charge in [0.05, 0.1) is 26.4 Å². The SMILES string of the molecule is OCC1(OCc2ccccc2)CCCC(COCc2ccccc2)N1Cc1ccccc1. The van der Waals surface area contributed by atoms with Crippen molar-refractivity contribution < 1.29 is 14.6 Å². The maximum Gasteiger partial charge on any atom is 0.145 e. The zero-order valence-electron chi connectivity index (χ0n) is 18.6. The molecule has 0 spiro atoms. The molecule has 4 rings (SSSR count). The van der Waals surface area contributed by atoms with Crippen LogP contribution in [0, 0.1) is 0 Å². The normalized spacial score (nSPS) is 21.5.